The highest BCUT2D eigenvalue weighted by Crippen LogP contribution is 2.32. The zero-order valence-electron chi connectivity index (χ0n) is 15.7. The maximum absolute atomic E-state index is 13.6. The zero-order chi connectivity index (χ0) is 20.0. The first-order chi connectivity index (χ1) is 12.9. The number of hydrogen-bond donors (Lipinski definition) is 1. The average molecular weight is 387 g/mol. The van der Waals surface area contributed by atoms with E-state index < -0.39 is 11.9 Å². The van der Waals surface area contributed by atoms with Crippen LogP contribution in [0.25, 0.3) is 11.1 Å². The second kappa shape index (κ2) is 9.31. The van der Waals surface area contributed by atoms with Crippen molar-refractivity contribution < 1.29 is 13.9 Å². The number of benzene rings is 1. The van der Waals surface area contributed by atoms with Crippen LogP contribution in [0.3, 0.4) is 0 Å². The summed E-state index contributed by atoms with van der Waals surface area (Å²) in [6.45, 7) is 1.91. The molecule has 2 aromatic rings. The molecule has 7 heteroatoms. The number of hydrogen-bond acceptors (Lipinski definition) is 6. The summed E-state index contributed by atoms with van der Waals surface area (Å²) in [6, 6.07) is 7.84. The summed E-state index contributed by atoms with van der Waals surface area (Å²) in [5.41, 5.74) is 1.60. The molecule has 27 heavy (non-hydrogen) atoms. The second-order valence-electron chi connectivity index (χ2n) is 6.07. The molecule has 2 atom stereocenters. The van der Waals surface area contributed by atoms with Crippen LogP contribution in [0.2, 0.25) is 0 Å². The maximum atomic E-state index is 13.6. The van der Waals surface area contributed by atoms with Gasteiger partial charge in [0.05, 0.1) is 17.4 Å². The number of ether oxygens (including phenoxy) is 1. The van der Waals surface area contributed by atoms with Crippen LogP contribution in [0, 0.1) is 17.1 Å². The monoisotopic (exact) mass is 387 g/mol. The Morgan fingerprint density at radius 3 is 2.67 bits per heavy atom. The number of carbonyl (C=O) groups is 1. The van der Waals surface area contributed by atoms with E-state index in [9.17, 15) is 9.18 Å². The first kappa shape index (κ1) is 20.6. The fraction of sp³-hybridized carbons (Fsp3) is 0.300. The molecule has 0 aliphatic heterocycles. The number of nitrogens with zero attached hydrogens (tertiary/aromatic N) is 2. The van der Waals surface area contributed by atoms with Crippen LogP contribution in [0.15, 0.2) is 41.5 Å². The van der Waals surface area contributed by atoms with Gasteiger partial charge in [-0.25, -0.2) is 4.39 Å². The quantitative estimate of drug-likeness (QED) is 0.700. The SMILES string of the molecule is C/C=C(/NC(c1cc(-c2ccc(F)c(C#N)c2)cs1)C(C=O)OC)N(C)C. The maximum Gasteiger partial charge on any atom is 0.151 e. The number of allylic oxidation sites excluding steroid dienone is 1. The molecule has 0 spiro atoms. The molecule has 0 saturated heterocycles. The Morgan fingerprint density at radius 1 is 1.37 bits per heavy atom. The van der Waals surface area contributed by atoms with Crippen molar-refractivity contribution >= 4 is 17.6 Å². The summed E-state index contributed by atoms with van der Waals surface area (Å²) in [5, 5.41) is 14.3. The summed E-state index contributed by atoms with van der Waals surface area (Å²) >= 11 is 1.47. The Labute approximate surface area is 162 Å². The highest BCUT2D eigenvalue weighted by Gasteiger charge is 2.25. The summed E-state index contributed by atoms with van der Waals surface area (Å²) in [7, 11) is 5.31. The molecule has 0 aliphatic rings. The van der Waals surface area contributed by atoms with Gasteiger partial charge >= 0.3 is 0 Å². The molecule has 0 amide bonds. The van der Waals surface area contributed by atoms with E-state index >= 15 is 0 Å². The minimum absolute atomic E-state index is 0.00129. The number of methoxy groups -OCH3 is 1. The molecular weight excluding hydrogens is 365 g/mol. The van der Waals surface area contributed by atoms with Crippen molar-refractivity contribution in [1.29, 1.82) is 5.26 Å². The van der Waals surface area contributed by atoms with E-state index in [1.807, 2.05) is 49.5 Å². The predicted molar refractivity (Wildman–Crippen MR) is 105 cm³/mol. The third-order valence-electron chi connectivity index (χ3n) is 4.14. The van der Waals surface area contributed by atoms with Crippen LogP contribution in [0.4, 0.5) is 4.39 Å². The van der Waals surface area contributed by atoms with Crippen molar-refractivity contribution in [3.63, 3.8) is 0 Å². The van der Waals surface area contributed by atoms with E-state index in [2.05, 4.69) is 5.32 Å². The van der Waals surface area contributed by atoms with Gasteiger partial charge in [-0.15, -0.1) is 11.3 Å². The van der Waals surface area contributed by atoms with Crippen molar-refractivity contribution in [1.82, 2.24) is 10.2 Å². The Kier molecular flexibility index (Phi) is 7.11. The molecule has 0 bridgehead atoms. The van der Waals surface area contributed by atoms with E-state index in [1.54, 1.807) is 6.07 Å². The summed E-state index contributed by atoms with van der Waals surface area (Å²) in [5.74, 6) is 0.313. The van der Waals surface area contributed by atoms with Crippen molar-refractivity contribution in [2.75, 3.05) is 21.2 Å². The van der Waals surface area contributed by atoms with Crippen molar-refractivity contribution in [3.05, 3.63) is 57.8 Å². The second-order valence-corrected chi connectivity index (χ2v) is 7.01. The third-order valence-corrected chi connectivity index (χ3v) is 5.16. The van der Waals surface area contributed by atoms with Crippen molar-refractivity contribution in [2.45, 2.75) is 19.1 Å². The predicted octanol–water partition coefficient (Wildman–Crippen LogP) is 3.69. The van der Waals surface area contributed by atoms with E-state index in [0.717, 1.165) is 28.1 Å². The zero-order valence-corrected chi connectivity index (χ0v) is 16.5. The normalized spacial score (nSPS) is 13.6. The van der Waals surface area contributed by atoms with Gasteiger partial charge in [-0.05, 0) is 47.7 Å². The Balaban J connectivity index is 2.41. The van der Waals surface area contributed by atoms with Gasteiger partial charge in [0.25, 0.3) is 0 Å². The molecule has 0 aliphatic carbocycles. The molecule has 1 aromatic heterocycles. The molecule has 142 valence electrons. The minimum Gasteiger partial charge on any atom is -0.371 e. The van der Waals surface area contributed by atoms with Crippen molar-refractivity contribution in [2.24, 2.45) is 0 Å². The van der Waals surface area contributed by atoms with E-state index in [4.69, 9.17) is 10.00 Å². The van der Waals surface area contributed by atoms with Gasteiger partial charge in [-0.2, -0.15) is 5.26 Å². The fourth-order valence-electron chi connectivity index (χ4n) is 2.67. The molecule has 0 fully saturated rings. The lowest BCUT2D eigenvalue weighted by atomic mass is 10.0. The molecule has 2 unspecified atom stereocenters. The van der Waals surface area contributed by atoms with E-state index in [1.165, 1.54) is 30.6 Å². The van der Waals surface area contributed by atoms with Crippen LogP contribution in [0.1, 0.15) is 23.4 Å². The molecule has 1 heterocycles. The van der Waals surface area contributed by atoms with Gasteiger partial charge < -0.3 is 19.7 Å². The van der Waals surface area contributed by atoms with Gasteiger partial charge in [-0.1, -0.05) is 6.07 Å². The topological polar surface area (TPSA) is 65.4 Å². The number of carbonyl (C=O) groups excluding carboxylic acids is 1. The molecular formula is C20H22FN3O2S. The largest absolute Gasteiger partial charge is 0.371 e. The first-order valence-corrected chi connectivity index (χ1v) is 9.19. The number of rotatable bonds is 8. The highest BCUT2D eigenvalue weighted by molar-refractivity contribution is 7.10. The van der Waals surface area contributed by atoms with Crippen LogP contribution in [-0.4, -0.2) is 38.5 Å². The van der Waals surface area contributed by atoms with Gasteiger partial charge in [0.1, 0.15) is 18.0 Å². The smallest absolute Gasteiger partial charge is 0.151 e. The van der Waals surface area contributed by atoms with Gasteiger partial charge in [0, 0.05) is 26.1 Å². The molecule has 2 rings (SSSR count). The molecule has 1 N–H and O–H groups in total. The van der Waals surface area contributed by atoms with Gasteiger partial charge in [0.2, 0.25) is 0 Å². The van der Waals surface area contributed by atoms with Crippen LogP contribution in [0.5, 0.6) is 0 Å². The van der Waals surface area contributed by atoms with Gasteiger partial charge in [0.15, 0.2) is 6.29 Å². The number of nitrogens with one attached hydrogen (secondary N) is 1. The van der Waals surface area contributed by atoms with Gasteiger partial charge in [-0.3, -0.25) is 0 Å². The lowest BCUT2D eigenvalue weighted by Gasteiger charge is -2.28. The van der Waals surface area contributed by atoms with E-state index in [0.29, 0.717) is 0 Å². The average Bonchev–Trinajstić information content (AvgIpc) is 3.15. The van der Waals surface area contributed by atoms with Crippen LogP contribution >= 0.6 is 11.3 Å². The molecule has 1 aromatic carbocycles. The Hall–Kier alpha value is -2.69. The standard InChI is InChI=1S/C20H22FN3O2S/c1-5-19(24(2)3)23-20(17(11-25)26-4)18-9-15(12-27-18)13-6-7-16(21)14(8-13)10-22/h5-9,11-12,17,20,23H,1-4H3/b19-5-. The molecule has 0 saturated carbocycles. The Morgan fingerprint density at radius 2 is 2.11 bits per heavy atom. The minimum atomic E-state index is -0.672. The highest BCUT2D eigenvalue weighted by atomic mass is 32.1. The number of thiophene rings is 1. The summed E-state index contributed by atoms with van der Waals surface area (Å²) in [6.07, 6.45) is 2.01. The summed E-state index contributed by atoms with van der Waals surface area (Å²) < 4.78 is 18.9. The fourth-order valence-corrected chi connectivity index (χ4v) is 3.67. The summed E-state index contributed by atoms with van der Waals surface area (Å²) in [4.78, 5) is 14.3. The van der Waals surface area contributed by atoms with Crippen LogP contribution in [-0.2, 0) is 9.53 Å². The third kappa shape index (κ3) is 4.73. The Bertz CT molecular complexity index is 870. The van der Waals surface area contributed by atoms with Crippen molar-refractivity contribution in [3.8, 4) is 17.2 Å². The number of halogens is 1. The number of aldehydes is 1. The molecule has 0 radical (unpaired) electrons. The number of nitriles is 1. The van der Waals surface area contributed by atoms with Crippen LogP contribution < -0.4 is 5.32 Å². The lowest BCUT2D eigenvalue weighted by Crippen LogP contribution is -2.37. The molecule has 5 nitrogen and oxygen atoms in total. The first-order valence-electron chi connectivity index (χ1n) is 8.31. The van der Waals surface area contributed by atoms with E-state index in [-0.39, 0.29) is 11.6 Å². The lowest BCUT2D eigenvalue weighted by molar-refractivity contribution is -0.118.